The summed E-state index contributed by atoms with van der Waals surface area (Å²) in [5, 5.41) is 11.2. The summed E-state index contributed by atoms with van der Waals surface area (Å²) >= 11 is 0.547. The average Bonchev–Trinajstić information content (AvgIpc) is 2.22. The molecule has 0 fully saturated rings. The van der Waals surface area contributed by atoms with Gasteiger partial charge in [-0.15, -0.1) is 4.33 Å². The lowest BCUT2D eigenvalue weighted by molar-refractivity contribution is -0.432. The first-order valence-corrected chi connectivity index (χ1v) is 4.58. The van der Waals surface area contributed by atoms with Gasteiger partial charge in [-0.05, 0) is 13.8 Å². The van der Waals surface area contributed by atoms with E-state index in [9.17, 15) is 9.59 Å². The minimum absolute atomic E-state index is 0.473. The Labute approximate surface area is 90.7 Å². The summed E-state index contributed by atoms with van der Waals surface area (Å²) in [7, 11) is 1.18. The lowest BCUT2D eigenvalue weighted by atomic mass is 10.2. The lowest BCUT2D eigenvalue weighted by Gasteiger charge is -2.18. The summed E-state index contributed by atoms with van der Waals surface area (Å²) in [6.07, 6.45) is 0. The summed E-state index contributed by atoms with van der Waals surface area (Å²) in [6, 6.07) is 0. The van der Waals surface area contributed by atoms with E-state index in [1.165, 1.54) is 21.0 Å². The number of methoxy groups -OCH3 is 1. The highest BCUT2D eigenvalue weighted by Gasteiger charge is 2.32. The third-order valence-corrected chi connectivity index (χ3v) is 2.03. The molecular formula is C7H12O7S. The molecule has 0 unspecified atom stereocenters. The zero-order chi connectivity index (χ0) is 11.9. The van der Waals surface area contributed by atoms with Gasteiger partial charge in [0, 0.05) is 0 Å². The SMILES string of the molecule is COC(=O)COC(=O)C(C)(C)SOOO. The topological polar surface area (TPSA) is 91.3 Å². The van der Waals surface area contributed by atoms with Crippen LogP contribution in [0.5, 0.6) is 0 Å². The van der Waals surface area contributed by atoms with Crippen molar-refractivity contribution < 1.29 is 33.7 Å². The zero-order valence-electron chi connectivity index (χ0n) is 8.51. The van der Waals surface area contributed by atoms with E-state index in [0.717, 1.165) is 0 Å². The van der Waals surface area contributed by atoms with Gasteiger partial charge >= 0.3 is 11.9 Å². The molecule has 0 aliphatic rings. The number of hydrogen-bond acceptors (Lipinski definition) is 8. The molecule has 0 aliphatic heterocycles. The van der Waals surface area contributed by atoms with E-state index in [1.807, 2.05) is 0 Å². The fourth-order valence-electron chi connectivity index (χ4n) is 0.491. The molecule has 0 spiro atoms. The first-order chi connectivity index (χ1) is 6.94. The molecule has 0 rings (SSSR count). The summed E-state index contributed by atoms with van der Waals surface area (Å²) in [4.78, 5) is 22.0. The van der Waals surface area contributed by atoms with Crippen LogP contribution in [0.4, 0.5) is 0 Å². The average molecular weight is 240 g/mol. The van der Waals surface area contributed by atoms with Crippen LogP contribution in [0.3, 0.4) is 0 Å². The number of rotatable bonds is 6. The van der Waals surface area contributed by atoms with E-state index in [1.54, 1.807) is 0 Å². The van der Waals surface area contributed by atoms with Crippen LogP contribution in [0.2, 0.25) is 0 Å². The smallest absolute Gasteiger partial charge is 0.344 e. The Hall–Kier alpha value is -0.830. The molecule has 0 saturated carbocycles. The van der Waals surface area contributed by atoms with Gasteiger partial charge in [0.2, 0.25) is 0 Å². The van der Waals surface area contributed by atoms with Crippen molar-refractivity contribution in [2.24, 2.45) is 0 Å². The molecular weight excluding hydrogens is 228 g/mol. The van der Waals surface area contributed by atoms with E-state index in [2.05, 4.69) is 18.8 Å². The first kappa shape index (κ1) is 14.2. The minimum Gasteiger partial charge on any atom is -0.466 e. The molecule has 0 saturated heterocycles. The molecule has 0 radical (unpaired) electrons. The second-order valence-corrected chi connectivity index (χ2v) is 4.21. The summed E-state index contributed by atoms with van der Waals surface area (Å²) < 4.78 is 11.9. The molecule has 0 aromatic rings. The molecule has 0 aromatic heterocycles. The third kappa shape index (κ3) is 5.57. The fourth-order valence-corrected chi connectivity index (χ4v) is 0.819. The summed E-state index contributed by atoms with van der Waals surface area (Å²) in [5.41, 5.74) is 0. The van der Waals surface area contributed by atoms with Crippen molar-refractivity contribution in [2.75, 3.05) is 13.7 Å². The quantitative estimate of drug-likeness (QED) is 0.311. The van der Waals surface area contributed by atoms with Gasteiger partial charge in [-0.25, -0.2) is 10.1 Å². The molecule has 0 aromatic carbocycles. The van der Waals surface area contributed by atoms with Gasteiger partial charge in [0.25, 0.3) is 0 Å². The third-order valence-electron chi connectivity index (χ3n) is 1.31. The van der Waals surface area contributed by atoms with E-state index in [0.29, 0.717) is 12.0 Å². The number of carbonyl (C=O) groups is 2. The Morgan fingerprint density at radius 2 is 2.00 bits per heavy atom. The van der Waals surface area contributed by atoms with E-state index in [4.69, 9.17) is 5.26 Å². The van der Waals surface area contributed by atoms with Gasteiger partial charge in [-0.1, -0.05) is 5.04 Å². The van der Waals surface area contributed by atoms with Gasteiger partial charge in [0.15, 0.2) is 6.61 Å². The van der Waals surface area contributed by atoms with Gasteiger partial charge in [0.05, 0.1) is 19.2 Å². The Bertz CT molecular complexity index is 227. The predicted octanol–water partition coefficient (Wildman–Crippen LogP) is 0.551. The Kier molecular flexibility index (Phi) is 6.25. The second-order valence-electron chi connectivity index (χ2n) is 2.89. The number of esters is 2. The Morgan fingerprint density at radius 1 is 1.40 bits per heavy atom. The van der Waals surface area contributed by atoms with Crippen LogP contribution in [0, 0.1) is 0 Å². The molecule has 0 atom stereocenters. The summed E-state index contributed by atoms with van der Waals surface area (Å²) in [6.45, 7) is 2.46. The fraction of sp³-hybridized carbons (Fsp3) is 0.714. The van der Waals surface area contributed by atoms with Gasteiger partial charge < -0.3 is 9.47 Å². The highest BCUT2D eigenvalue weighted by atomic mass is 32.2. The maximum atomic E-state index is 11.3. The van der Waals surface area contributed by atoms with Crippen molar-refractivity contribution in [1.82, 2.24) is 0 Å². The van der Waals surface area contributed by atoms with Gasteiger partial charge in [0.1, 0.15) is 4.75 Å². The van der Waals surface area contributed by atoms with Crippen LogP contribution in [0.25, 0.3) is 0 Å². The van der Waals surface area contributed by atoms with Crippen LogP contribution < -0.4 is 0 Å². The Balaban J connectivity index is 4.01. The van der Waals surface area contributed by atoms with E-state index < -0.39 is 23.3 Å². The van der Waals surface area contributed by atoms with Gasteiger partial charge in [-0.3, -0.25) is 4.79 Å². The van der Waals surface area contributed by atoms with Crippen LogP contribution >= 0.6 is 12.0 Å². The number of carbonyl (C=O) groups excluding carboxylic acids is 2. The van der Waals surface area contributed by atoms with E-state index >= 15 is 0 Å². The van der Waals surface area contributed by atoms with Crippen LogP contribution in [-0.4, -0.2) is 35.7 Å². The number of hydrogen-bond donors (Lipinski definition) is 1. The monoisotopic (exact) mass is 240 g/mol. The van der Waals surface area contributed by atoms with Crippen molar-refractivity contribution in [2.45, 2.75) is 18.6 Å². The summed E-state index contributed by atoms with van der Waals surface area (Å²) in [5.74, 6) is -1.36. The Morgan fingerprint density at radius 3 is 2.47 bits per heavy atom. The predicted molar refractivity (Wildman–Crippen MR) is 49.4 cm³/mol. The van der Waals surface area contributed by atoms with Crippen molar-refractivity contribution in [3.05, 3.63) is 0 Å². The first-order valence-electron chi connectivity index (χ1n) is 3.84. The molecule has 0 amide bonds. The molecule has 7 nitrogen and oxygen atoms in total. The maximum Gasteiger partial charge on any atom is 0.344 e. The molecule has 8 heteroatoms. The molecule has 88 valence electrons. The number of ether oxygens (including phenoxy) is 2. The molecule has 15 heavy (non-hydrogen) atoms. The van der Waals surface area contributed by atoms with Crippen LogP contribution in [-0.2, 0) is 28.4 Å². The van der Waals surface area contributed by atoms with Crippen LogP contribution in [0.15, 0.2) is 0 Å². The lowest BCUT2D eigenvalue weighted by Crippen LogP contribution is -2.32. The largest absolute Gasteiger partial charge is 0.466 e. The minimum atomic E-state index is -1.11. The normalized spacial score (nSPS) is 10.9. The zero-order valence-corrected chi connectivity index (χ0v) is 9.33. The van der Waals surface area contributed by atoms with Crippen LogP contribution in [0.1, 0.15) is 13.8 Å². The van der Waals surface area contributed by atoms with Crippen molar-refractivity contribution in [3.8, 4) is 0 Å². The molecule has 0 heterocycles. The van der Waals surface area contributed by atoms with Gasteiger partial charge in [-0.2, -0.15) is 0 Å². The van der Waals surface area contributed by atoms with Crippen molar-refractivity contribution >= 4 is 24.0 Å². The standard InChI is InChI=1S/C7H12O7S/c1-7(2,15-14-13-10)6(9)12-4-5(8)11-3/h10H,4H2,1-3H3. The maximum absolute atomic E-state index is 11.3. The van der Waals surface area contributed by atoms with E-state index in [-0.39, 0.29) is 0 Å². The highest BCUT2D eigenvalue weighted by Crippen LogP contribution is 2.26. The van der Waals surface area contributed by atoms with Crippen molar-refractivity contribution in [3.63, 3.8) is 0 Å². The molecule has 0 bridgehead atoms. The second kappa shape index (κ2) is 6.62. The molecule has 1 N–H and O–H groups in total. The highest BCUT2D eigenvalue weighted by molar-refractivity contribution is 7.96. The van der Waals surface area contributed by atoms with Crippen molar-refractivity contribution in [1.29, 1.82) is 0 Å². The molecule has 0 aliphatic carbocycles.